The van der Waals surface area contributed by atoms with Gasteiger partial charge in [0.25, 0.3) is 0 Å². The van der Waals surface area contributed by atoms with Gasteiger partial charge in [0.05, 0.1) is 16.4 Å². The van der Waals surface area contributed by atoms with Gasteiger partial charge < -0.3 is 4.74 Å². The molecule has 0 spiro atoms. The van der Waals surface area contributed by atoms with Crippen LogP contribution >= 0.6 is 11.6 Å². The molecule has 1 aromatic heterocycles. The number of hydrazine groups is 1. The Hall–Kier alpha value is -0.620. The van der Waals surface area contributed by atoms with Crippen LogP contribution in [-0.4, -0.2) is 29.5 Å². The Morgan fingerprint density at radius 2 is 2.15 bits per heavy atom. The Bertz CT molecular complexity index is 408. The minimum Gasteiger partial charge on any atom is -0.384 e. The van der Waals surface area contributed by atoms with Gasteiger partial charge in [-0.05, 0) is 25.7 Å². The molecule has 0 fully saturated rings. The van der Waals surface area contributed by atoms with Crippen LogP contribution < -0.4 is 11.3 Å². The summed E-state index contributed by atoms with van der Waals surface area (Å²) in [5, 5.41) is 5.33. The molecule has 5 nitrogen and oxygen atoms in total. The van der Waals surface area contributed by atoms with E-state index in [1.807, 2.05) is 4.68 Å². The third kappa shape index (κ3) is 4.45. The second kappa shape index (κ2) is 8.62. The molecule has 2 atom stereocenters. The first-order chi connectivity index (χ1) is 9.57. The number of nitrogens with one attached hydrogen (secondary N) is 1. The number of methoxy groups -OCH3 is 1. The molecule has 6 heteroatoms. The average molecular weight is 303 g/mol. The van der Waals surface area contributed by atoms with Crippen molar-refractivity contribution in [1.82, 2.24) is 15.2 Å². The molecule has 1 rings (SSSR count). The fourth-order valence-electron chi connectivity index (χ4n) is 2.49. The lowest BCUT2D eigenvalue weighted by Crippen LogP contribution is -2.39. The standard InChI is InChI=1S/C14H27ClN4O/c1-5-12-14(15)13(19(6-2)18-12)8-11(17-16)7-10(3)9-20-4/h10-11,17H,5-9,16H2,1-4H3. The quantitative estimate of drug-likeness (QED) is 0.542. The molecule has 1 heterocycles. The SMILES string of the molecule is CCc1nn(CC)c(CC(CC(C)COC)NN)c1Cl. The van der Waals surface area contributed by atoms with Gasteiger partial charge in [-0.3, -0.25) is 16.0 Å². The third-order valence-corrected chi connectivity index (χ3v) is 3.94. The van der Waals surface area contributed by atoms with Gasteiger partial charge in [0.1, 0.15) is 0 Å². The summed E-state index contributed by atoms with van der Waals surface area (Å²) < 4.78 is 7.16. The van der Waals surface area contributed by atoms with Gasteiger partial charge in [0.2, 0.25) is 0 Å². The Kier molecular flexibility index (Phi) is 7.51. The zero-order valence-corrected chi connectivity index (χ0v) is 13.7. The van der Waals surface area contributed by atoms with Crippen molar-refractivity contribution in [2.45, 2.75) is 52.6 Å². The first-order valence-electron chi connectivity index (χ1n) is 7.26. The summed E-state index contributed by atoms with van der Waals surface area (Å²) in [6.07, 6.45) is 2.57. The molecule has 2 unspecified atom stereocenters. The van der Waals surface area contributed by atoms with Crippen molar-refractivity contribution in [2.75, 3.05) is 13.7 Å². The van der Waals surface area contributed by atoms with E-state index in [1.165, 1.54) is 0 Å². The van der Waals surface area contributed by atoms with Crippen molar-refractivity contribution in [1.29, 1.82) is 0 Å². The first kappa shape index (κ1) is 17.4. The maximum atomic E-state index is 6.43. The molecule has 3 N–H and O–H groups in total. The van der Waals surface area contributed by atoms with E-state index < -0.39 is 0 Å². The van der Waals surface area contributed by atoms with E-state index in [2.05, 4.69) is 31.3 Å². The molecule has 0 aliphatic carbocycles. The van der Waals surface area contributed by atoms with Gasteiger partial charge in [-0.25, -0.2) is 0 Å². The summed E-state index contributed by atoms with van der Waals surface area (Å²) in [6.45, 7) is 7.85. The van der Waals surface area contributed by atoms with E-state index in [1.54, 1.807) is 7.11 Å². The molecule has 116 valence electrons. The first-order valence-corrected chi connectivity index (χ1v) is 7.64. The lowest BCUT2D eigenvalue weighted by molar-refractivity contribution is 0.149. The second-order valence-corrected chi connectivity index (χ2v) is 5.62. The largest absolute Gasteiger partial charge is 0.384 e. The van der Waals surface area contributed by atoms with E-state index in [-0.39, 0.29) is 6.04 Å². The summed E-state index contributed by atoms with van der Waals surface area (Å²) in [5.41, 5.74) is 4.92. The molecule has 20 heavy (non-hydrogen) atoms. The maximum Gasteiger partial charge on any atom is 0.0850 e. The summed E-state index contributed by atoms with van der Waals surface area (Å²) in [7, 11) is 1.72. The summed E-state index contributed by atoms with van der Waals surface area (Å²) in [5.74, 6) is 6.13. The molecule has 0 bridgehead atoms. The van der Waals surface area contributed by atoms with Crippen molar-refractivity contribution >= 4 is 11.6 Å². The van der Waals surface area contributed by atoms with Gasteiger partial charge in [-0.1, -0.05) is 25.4 Å². The van der Waals surface area contributed by atoms with Crippen LogP contribution in [0.15, 0.2) is 0 Å². The van der Waals surface area contributed by atoms with E-state index in [9.17, 15) is 0 Å². The topological polar surface area (TPSA) is 65.1 Å². The number of rotatable bonds is 9. The van der Waals surface area contributed by atoms with Crippen LogP contribution in [0.2, 0.25) is 5.02 Å². The molecule has 0 saturated heterocycles. The van der Waals surface area contributed by atoms with Crippen molar-refractivity contribution in [3.8, 4) is 0 Å². The van der Waals surface area contributed by atoms with E-state index >= 15 is 0 Å². The third-order valence-electron chi connectivity index (χ3n) is 3.51. The fraction of sp³-hybridized carbons (Fsp3) is 0.786. The Morgan fingerprint density at radius 1 is 1.45 bits per heavy atom. The molecule has 0 aliphatic rings. The highest BCUT2D eigenvalue weighted by Gasteiger charge is 2.19. The molecule has 0 aliphatic heterocycles. The monoisotopic (exact) mass is 302 g/mol. The predicted octanol–water partition coefficient (Wildman–Crippen LogP) is 2.17. The average Bonchev–Trinajstić information content (AvgIpc) is 2.74. The number of aryl methyl sites for hydroxylation is 2. The number of ether oxygens (including phenoxy) is 1. The number of nitrogens with zero attached hydrogens (tertiary/aromatic N) is 2. The number of hydrogen-bond acceptors (Lipinski definition) is 4. The predicted molar refractivity (Wildman–Crippen MR) is 82.8 cm³/mol. The summed E-state index contributed by atoms with van der Waals surface area (Å²) in [6, 6.07) is 0.171. The van der Waals surface area contributed by atoms with Crippen LogP contribution in [-0.2, 0) is 24.1 Å². The molecule has 0 saturated carbocycles. The van der Waals surface area contributed by atoms with Gasteiger partial charge in [0, 0.05) is 32.7 Å². The Balaban J connectivity index is 2.81. The number of hydrogen-bond donors (Lipinski definition) is 2. The molecule has 1 aromatic rings. The van der Waals surface area contributed by atoms with Crippen LogP contribution in [0.1, 0.15) is 38.6 Å². The van der Waals surface area contributed by atoms with Crippen molar-refractivity contribution in [3.63, 3.8) is 0 Å². The normalized spacial score (nSPS) is 14.5. The number of aromatic nitrogens is 2. The van der Waals surface area contributed by atoms with Crippen molar-refractivity contribution in [3.05, 3.63) is 16.4 Å². The number of halogens is 1. The maximum absolute atomic E-state index is 6.43. The Morgan fingerprint density at radius 3 is 2.65 bits per heavy atom. The lowest BCUT2D eigenvalue weighted by Gasteiger charge is -2.20. The smallest absolute Gasteiger partial charge is 0.0850 e. The van der Waals surface area contributed by atoms with Crippen LogP contribution in [0.4, 0.5) is 0 Å². The molecular formula is C14H27ClN4O. The Labute approximate surface area is 126 Å². The second-order valence-electron chi connectivity index (χ2n) is 5.24. The minimum absolute atomic E-state index is 0.171. The van der Waals surface area contributed by atoms with Gasteiger partial charge >= 0.3 is 0 Å². The van der Waals surface area contributed by atoms with E-state index in [4.69, 9.17) is 22.2 Å². The van der Waals surface area contributed by atoms with Gasteiger partial charge in [0.15, 0.2) is 0 Å². The van der Waals surface area contributed by atoms with Crippen LogP contribution in [0.5, 0.6) is 0 Å². The highest BCUT2D eigenvalue weighted by molar-refractivity contribution is 6.31. The highest BCUT2D eigenvalue weighted by Crippen LogP contribution is 2.24. The van der Waals surface area contributed by atoms with Crippen LogP contribution in [0.25, 0.3) is 0 Å². The lowest BCUT2D eigenvalue weighted by atomic mass is 9.99. The minimum atomic E-state index is 0.171. The van der Waals surface area contributed by atoms with E-state index in [0.717, 1.165) is 48.8 Å². The zero-order valence-electron chi connectivity index (χ0n) is 12.9. The zero-order chi connectivity index (χ0) is 15.1. The van der Waals surface area contributed by atoms with E-state index in [0.29, 0.717) is 5.92 Å². The molecular weight excluding hydrogens is 276 g/mol. The van der Waals surface area contributed by atoms with Gasteiger partial charge in [-0.2, -0.15) is 5.10 Å². The summed E-state index contributed by atoms with van der Waals surface area (Å²) in [4.78, 5) is 0. The van der Waals surface area contributed by atoms with Crippen molar-refractivity contribution in [2.24, 2.45) is 11.8 Å². The van der Waals surface area contributed by atoms with Crippen LogP contribution in [0.3, 0.4) is 0 Å². The van der Waals surface area contributed by atoms with Crippen molar-refractivity contribution < 1.29 is 4.74 Å². The molecule has 0 aromatic carbocycles. The number of nitrogens with two attached hydrogens (primary N) is 1. The molecule has 0 amide bonds. The van der Waals surface area contributed by atoms with Crippen LogP contribution in [0, 0.1) is 5.92 Å². The highest BCUT2D eigenvalue weighted by atomic mass is 35.5. The fourth-order valence-corrected chi connectivity index (χ4v) is 2.84. The van der Waals surface area contributed by atoms with Gasteiger partial charge in [-0.15, -0.1) is 0 Å². The molecule has 0 radical (unpaired) electrons. The summed E-state index contributed by atoms with van der Waals surface area (Å²) >= 11 is 6.43.